The Kier molecular flexibility index (Phi) is 7.39. The molecule has 0 atom stereocenters. The molecule has 0 aliphatic heterocycles. The summed E-state index contributed by atoms with van der Waals surface area (Å²) in [5.41, 5.74) is 3.08. The molecule has 0 spiro atoms. The predicted molar refractivity (Wildman–Crippen MR) is 129 cm³/mol. The van der Waals surface area contributed by atoms with E-state index in [-0.39, 0.29) is 18.1 Å². The molecular weight excluding hydrogens is 460 g/mol. The van der Waals surface area contributed by atoms with Crippen LogP contribution in [0.2, 0.25) is 5.02 Å². The van der Waals surface area contributed by atoms with Crippen LogP contribution in [0.5, 0.6) is 0 Å². The van der Waals surface area contributed by atoms with Crippen molar-refractivity contribution in [2.24, 2.45) is 0 Å². The van der Waals surface area contributed by atoms with Gasteiger partial charge in [-0.3, -0.25) is 14.3 Å². The van der Waals surface area contributed by atoms with Crippen LogP contribution in [0.3, 0.4) is 0 Å². The van der Waals surface area contributed by atoms with Gasteiger partial charge >= 0.3 is 0 Å². The van der Waals surface area contributed by atoms with Gasteiger partial charge in [-0.15, -0.1) is 11.3 Å². The lowest BCUT2D eigenvalue weighted by molar-refractivity contribution is 0.0946. The lowest BCUT2D eigenvalue weighted by Gasteiger charge is -2.07. The highest BCUT2D eigenvalue weighted by atomic mass is 35.5. The van der Waals surface area contributed by atoms with Crippen LogP contribution in [-0.4, -0.2) is 27.4 Å². The van der Waals surface area contributed by atoms with Crippen LogP contribution in [0.15, 0.2) is 71.1 Å². The van der Waals surface area contributed by atoms with Crippen molar-refractivity contribution in [1.29, 1.82) is 0 Å². The molecule has 170 valence electrons. The van der Waals surface area contributed by atoms with E-state index in [1.165, 1.54) is 11.3 Å². The molecule has 3 aromatic heterocycles. The molecule has 0 saturated carbocycles. The monoisotopic (exact) mass is 482 g/mol. The number of aromatic nitrogens is 3. The van der Waals surface area contributed by atoms with Crippen molar-refractivity contribution in [3.05, 3.63) is 109 Å². The maximum atomic E-state index is 12.8. The summed E-state index contributed by atoms with van der Waals surface area (Å²) < 4.78 is 8.63. The molecule has 3 heterocycles. The third-order valence-electron chi connectivity index (χ3n) is 5.08. The zero-order valence-corrected chi connectivity index (χ0v) is 19.6. The van der Waals surface area contributed by atoms with Gasteiger partial charge in [0.2, 0.25) is 0 Å². The molecule has 9 heteroatoms. The van der Waals surface area contributed by atoms with E-state index >= 15 is 0 Å². The quantitative estimate of drug-likeness (QED) is 0.392. The Morgan fingerprint density at radius 3 is 2.55 bits per heavy atom. The van der Waals surface area contributed by atoms with Crippen molar-refractivity contribution in [3.63, 3.8) is 0 Å². The first-order chi connectivity index (χ1) is 16.0. The molecule has 4 rings (SSSR count). The van der Waals surface area contributed by atoms with E-state index in [1.54, 1.807) is 40.9 Å². The lowest BCUT2D eigenvalue weighted by Crippen LogP contribution is -2.23. The van der Waals surface area contributed by atoms with Crippen molar-refractivity contribution in [1.82, 2.24) is 19.7 Å². The van der Waals surface area contributed by atoms with Gasteiger partial charge in [0, 0.05) is 30.4 Å². The summed E-state index contributed by atoms with van der Waals surface area (Å²) in [7, 11) is 1.57. The van der Waals surface area contributed by atoms with Crippen molar-refractivity contribution in [2.75, 3.05) is 7.11 Å². The maximum absolute atomic E-state index is 12.8. The van der Waals surface area contributed by atoms with Crippen LogP contribution in [-0.2, 0) is 31.0 Å². The second kappa shape index (κ2) is 10.6. The molecule has 33 heavy (non-hydrogen) atoms. The van der Waals surface area contributed by atoms with Crippen molar-refractivity contribution in [2.45, 2.75) is 26.2 Å². The van der Waals surface area contributed by atoms with Gasteiger partial charge in [-0.25, -0.2) is 0 Å². The number of amides is 1. The first-order valence-electron chi connectivity index (χ1n) is 10.3. The molecule has 0 fully saturated rings. The Hall–Kier alpha value is -3.20. The average molecular weight is 483 g/mol. The number of halogens is 1. The number of carbonyl (C=O) groups excluding carboxylic acids is 1. The molecule has 1 N–H and O–H groups in total. The zero-order valence-electron chi connectivity index (χ0n) is 18.0. The highest BCUT2D eigenvalue weighted by Crippen LogP contribution is 2.22. The van der Waals surface area contributed by atoms with E-state index < -0.39 is 0 Å². The highest BCUT2D eigenvalue weighted by Gasteiger charge is 2.17. The molecule has 0 saturated heterocycles. The van der Waals surface area contributed by atoms with E-state index in [0.717, 1.165) is 16.0 Å². The standard InChI is InChI=1S/C24H23ClN4O3S/c1-32-16-21-19(24(31)26-12-22-20(25)9-11-33-22)15-29(27-21)14-18-7-5-17(6-8-18)13-28-10-3-2-4-23(28)30/h2-11,15H,12-14,16H2,1H3,(H,26,31). The molecule has 0 bridgehead atoms. The van der Waals surface area contributed by atoms with Crippen LogP contribution < -0.4 is 10.9 Å². The largest absolute Gasteiger partial charge is 0.378 e. The number of pyridine rings is 1. The molecule has 0 aliphatic rings. The molecule has 7 nitrogen and oxygen atoms in total. The number of nitrogens with zero attached hydrogens (tertiary/aromatic N) is 3. The molecule has 0 unspecified atom stereocenters. The smallest absolute Gasteiger partial charge is 0.255 e. The SMILES string of the molecule is COCc1nn(Cc2ccc(Cn3ccccc3=O)cc2)cc1C(=O)NCc1sccc1Cl. The summed E-state index contributed by atoms with van der Waals surface area (Å²) in [5, 5.41) is 9.98. The number of methoxy groups -OCH3 is 1. The van der Waals surface area contributed by atoms with Gasteiger partial charge < -0.3 is 14.6 Å². The van der Waals surface area contributed by atoms with Crippen molar-refractivity contribution < 1.29 is 9.53 Å². The minimum Gasteiger partial charge on any atom is -0.378 e. The molecule has 1 aromatic carbocycles. The summed E-state index contributed by atoms with van der Waals surface area (Å²) in [4.78, 5) is 25.6. The van der Waals surface area contributed by atoms with E-state index in [9.17, 15) is 9.59 Å². The first-order valence-corrected chi connectivity index (χ1v) is 11.6. The van der Waals surface area contributed by atoms with Crippen LogP contribution >= 0.6 is 22.9 Å². The Labute approximate surface area is 200 Å². The molecule has 0 radical (unpaired) electrons. The Balaban J connectivity index is 1.44. The topological polar surface area (TPSA) is 78.2 Å². The summed E-state index contributed by atoms with van der Waals surface area (Å²) in [5.74, 6) is -0.221. The molecule has 0 aliphatic carbocycles. The summed E-state index contributed by atoms with van der Waals surface area (Å²) in [6.07, 6.45) is 3.51. The maximum Gasteiger partial charge on any atom is 0.255 e. The lowest BCUT2D eigenvalue weighted by atomic mass is 10.1. The van der Waals surface area contributed by atoms with E-state index in [1.807, 2.05) is 41.8 Å². The van der Waals surface area contributed by atoms with Crippen LogP contribution in [0.1, 0.15) is 32.1 Å². The summed E-state index contributed by atoms with van der Waals surface area (Å²) in [6.45, 7) is 1.61. The minimum absolute atomic E-state index is 0.0315. The second-order valence-corrected chi connectivity index (χ2v) is 8.89. The van der Waals surface area contributed by atoms with Gasteiger partial charge in [-0.1, -0.05) is 41.9 Å². The number of thiophene rings is 1. The minimum atomic E-state index is -0.221. The van der Waals surface area contributed by atoms with Gasteiger partial charge in [0.15, 0.2) is 0 Å². The normalized spacial score (nSPS) is 11.0. The van der Waals surface area contributed by atoms with Gasteiger partial charge in [-0.2, -0.15) is 5.10 Å². The summed E-state index contributed by atoms with van der Waals surface area (Å²) in [6, 6.07) is 14.9. The van der Waals surface area contributed by atoms with Crippen LogP contribution in [0.25, 0.3) is 0 Å². The first kappa shape index (κ1) is 23.0. The Morgan fingerprint density at radius 2 is 1.88 bits per heavy atom. The van der Waals surface area contributed by atoms with E-state index in [4.69, 9.17) is 16.3 Å². The van der Waals surface area contributed by atoms with Crippen molar-refractivity contribution >= 4 is 28.8 Å². The predicted octanol–water partition coefficient (Wildman–Crippen LogP) is 3.93. The van der Waals surface area contributed by atoms with Gasteiger partial charge in [0.1, 0.15) is 5.69 Å². The Morgan fingerprint density at radius 1 is 1.12 bits per heavy atom. The van der Waals surface area contributed by atoms with E-state index in [0.29, 0.717) is 35.9 Å². The van der Waals surface area contributed by atoms with Gasteiger partial charge in [0.25, 0.3) is 11.5 Å². The fourth-order valence-corrected chi connectivity index (χ4v) is 4.45. The third kappa shape index (κ3) is 5.78. The number of carbonyl (C=O) groups is 1. The number of hydrogen-bond acceptors (Lipinski definition) is 5. The number of nitrogens with one attached hydrogen (secondary N) is 1. The third-order valence-corrected chi connectivity index (χ3v) is 6.47. The number of ether oxygens (including phenoxy) is 1. The van der Waals surface area contributed by atoms with Crippen LogP contribution in [0.4, 0.5) is 0 Å². The van der Waals surface area contributed by atoms with Gasteiger partial charge in [0.05, 0.1) is 36.8 Å². The highest BCUT2D eigenvalue weighted by molar-refractivity contribution is 7.10. The number of hydrogen-bond donors (Lipinski definition) is 1. The average Bonchev–Trinajstić information content (AvgIpc) is 3.41. The fraction of sp³-hybridized carbons (Fsp3) is 0.208. The van der Waals surface area contributed by atoms with Gasteiger partial charge in [-0.05, 0) is 28.6 Å². The van der Waals surface area contributed by atoms with Crippen LogP contribution in [0, 0.1) is 0 Å². The molecule has 4 aromatic rings. The number of benzene rings is 1. The van der Waals surface area contributed by atoms with E-state index in [2.05, 4.69) is 10.4 Å². The zero-order chi connectivity index (χ0) is 23.2. The Bertz CT molecular complexity index is 1290. The fourth-order valence-electron chi connectivity index (χ4n) is 3.41. The molecular formula is C24H23ClN4O3S. The number of rotatable bonds is 9. The van der Waals surface area contributed by atoms with Crippen molar-refractivity contribution in [3.8, 4) is 0 Å². The second-order valence-electron chi connectivity index (χ2n) is 7.48. The summed E-state index contributed by atoms with van der Waals surface area (Å²) >= 11 is 7.61. The molecule has 1 amide bonds.